The van der Waals surface area contributed by atoms with Crippen LogP contribution in [-0.2, 0) is 28.7 Å². The third-order valence-corrected chi connectivity index (χ3v) is 5.98. The summed E-state index contributed by atoms with van der Waals surface area (Å²) in [6.07, 6.45) is 0.568. The Kier molecular flexibility index (Phi) is 9.43. The van der Waals surface area contributed by atoms with Crippen LogP contribution in [0.1, 0.15) is 53.9 Å². The third-order valence-electron chi connectivity index (χ3n) is 5.98. The molecule has 0 spiro atoms. The van der Waals surface area contributed by atoms with Crippen molar-refractivity contribution >= 4 is 30.1 Å². The number of nitrogens with one attached hydrogen (secondary N) is 3. The third kappa shape index (κ3) is 7.41. The number of rotatable bonds is 9. The molecule has 0 radical (unpaired) electrons. The number of aldehydes is 1. The van der Waals surface area contributed by atoms with E-state index in [9.17, 15) is 24.0 Å². The van der Waals surface area contributed by atoms with Gasteiger partial charge in [-0.05, 0) is 39.5 Å². The second kappa shape index (κ2) is 11.6. The Morgan fingerprint density at radius 1 is 1.24 bits per heavy atom. The summed E-state index contributed by atoms with van der Waals surface area (Å²) >= 11 is 0. The molecule has 34 heavy (non-hydrogen) atoms. The maximum Gasteiger partial charge on any atom is 0.408 e. The number of alkyl carbamates (subject to hydrolysis) is 1. The normalized spacial score (nSPS) is 24.4. The zero-order chi connectivity index (χ0) is 25.6. The summed E-state index contributed by atoms with van der Waals surface area (Å²) in [6, 6.07) is -2.63. The highest BCUT2D eigenvalue weighted by Gasteiger charge is 2.43. The largest absolute Gasteiger partial charge is 0.444 e. The molecule has 0 saturated carbocycles. The first-order chi connectivity index (χ1) is 15.9. The van der Waals surface area contributed by atoms with Gasteiger partial charge in [0.2, 0.25) is 17.7 Å². The van der Waals surface area contributed by atoms with Crippen molar-refractivity contribution in [2.75, 3.05) is 20.2 Å². The lowest BCUT2D eigenvalue weighted by molar-refractivity contribution is -0.141. The zero-order valence-corrected chi connectivity index (χ0v) is 20.9. The molecule has 0 aromatic heterocycles. The van der Waals surface area contributed by atoms with Crippen molar-refractivity contribution in [1.29, 1.82) is 0 Å². The van der Waals surface area contributed by atoms with Gasteiger partial charge in [-0.2, -0.15) is 0 Å². The predicted octanol–water partition coefficient (Wildman–Crippen LogP) is 0.362. The Bertz CT molecular complexity index is 780. The van der Waals surface area contributed by atoms with Crippen LogP contribution in [0, 0.1) is 11.8 Å². The molecule has 2 aliphatic rings. The molecule has 2 rings (SSSR count). The molecule has 2 heterocycles. The second-order valence-corrected chi connectivity index (χ2v) is 10.2. The Hall–Kier alpha value is -2.69. The van der Waals surface area contributed by atoms with Gasteiger partial charge in [-0.25, -0.2) is 4.79 Å². The summed E-state index contributed by atoms with van der Waals surface area (Å²) in [7, 11) is 1.50. The van der Waals surface area contributed by atoms with E-state index < -0.39 is 41.6 Å². The molecule has 3 N–H and O–H groups in total. The lowest BCUT2D eigenvalue weighted by Gasteiger charge is -2.31. The fourth-order valence-corrected chi connectivity index (χ4v) is 4.19. The molecule has 0 unspecified atom stereocenters. The Morgan fingerprint density at radius 3 is 2.41 bits per heavy atom. The molecule has 0 aromatic carbocycles. The SMILES string of the molecule is CO[C@@H]1C[C@@H](C(=O)N[C@H](C=O)C[C@@H]2CCNC2=O)N(C(=O)[C@@H](NC(=O)OC(C)(C)C)C(C)C)C1. The van der Waals surface area contributed by atoms with Gasteiger partial charge in [0, 0.05) is 32.5 Å². The van der Waals surface area contributed by atoms with Crippen molar-refractivity contribution in [2.24, 2.45) is 11.8 Å². The van der Waals surface area contributed by atoms with E-state index in [1.807, 2.05) is 0 Å². The lowest BCUT2D eigenvalue weighted by atomic mass is 9.98. The van der Waals surface area contributed by atoms with E-state index in [0.29, 0.717) is 19.3 Å². The van der Waals surface area contributed by atoms with Gasteiger partial charge in [-0.3, -0.25) is 14.4 Å². The van der Waals surface area contributed by atoms with E-state index in [-0.39, 0.29) is 43.2 Å². The minimum atomic E-state index is -0.912. The van der Waals surface area contributed by atoms with Gasteiger partial charge in [0.25, 0.3) is 0 Å². The number of nitrogens with zero attached hydrogens (tertiary/aromatic N) is 1. The molecule has 11 heteroatoms. The first-order valence-corrected chi connectivity index (χ1v) is 11.7. The maximum absolute atomic E-state index is 13.4. The average Bonchev–Trinajstić information content (AvgIpc) is 3.35. The number of ether oxygens (including phenoxy) is 2. The van der Waals surface area contributed by atoms with Gasteiger partial charge < -0.3 is 35.1 Å². The topological polar surface area (TPSA) is 143 Å². The van der Waals surface area contributed by atoms with Crippen LogP contribution in [0.4, 0.5) is 4.79 Å². The first-order valence-electron chi connectivity index (χ1n) is 11.7. The summed E-state index contributed by atoms with van der Waals surface area (Å²) < 4.78 is 10.7. The lowest BCUT2D eigenvalue weighted by Crippen LogP contribution is -2.56. The monoisotopic (exact) mass is 482 g/mol. The van der Waals surface area contributed by atoms with Crippen molar-refractivity contribution in [3.8, 4) is 0 Å². The molecular formula is C23H38N4O7. The zero-order valence-electron chi connectivity index (χ0n) is 20.9. The highest BCUT2D eigenvalue weighted by atomic mass is 16.6. The molecule has 192 valence electrons. The summed E-state index contributed by atoms with van der Waals surface area (Å²) in [5.41, 5.74) is -0.730. The molecule has 5 atom stereocenters. The quantitative estimate of drug-likeness (QED) is 0.403. The van der Waals surface area contributed by atoms with E-state index in [0.717, 1.165) is 0 Å². The standard InChI is InChI=1S/C23H38N4O7/c1-13(2)18(26-22(32)34-23(3,4)5)21(31)27-11-16(33-6)10-17(27)20(30)25-15(12-28)9-14-7-8-24-19(14)29/h12-18H,7-11H2,1-6H3,(H,24,29)(H,25,30)(H,26,32)/t14-,15-,16+,17-,18-/m0/s1. The van der Waals surface area contributed by atoms with Crippen LogP contribution in [0.25, 0.3) is 0 Å². The Morgan fingerprint density at radius 2 is 1.91 bits per heavy atom. The number of methoxy groups -OCH3 is 1. The molecule has 0 bridgehead atoms. The molecule has 0 aliphatic carbocycles. The van der Waals surface area contributed by atoms with Crippen LogP contribution >= 0.6 is 0 Å². The highest BCUT2D eigenvalue weighted by molar-refractivity contribution is 5.93. The van der Waals surface area contributed by atoms with Crippen LogP contribution in [0.15, 0.2) is 0 Å². The molecule has 2 aliphatic heterocycles. The number of amides is 4. The van der Waals surface area contributed by atoms with E-state index in [2.05, 4.69) is 16.0 Å². The first kappa shape index (κ1) is 27.6. The van der Waals surface area contributed by atoms with Crippen LogP contribution < -0.4 is 16.0 Å². The predicted molar refractivity (Wildman–Crippen MR) is 123 cm³/mol. The molecule has 2 saturated heterocycles. The smallest absolute Gasteiger partial charge is 0.408 e. The van der Waals surface area contributed by atoms with Crippen LogP contribution in [0.5, 0.6) is 0 Å². The van der Waals surface area contributed by atoms with E-state index in [1.54, 1.807) is 34.6 Å². The fourth-order valence-electron chi connectivity index (χ4n) is 4.19. The summed E-state index contributed by atoms with van der Waals surface area (Å²) in [6.45, 7) is 9.46. The van der Waals surface area contributed by atoms with Gasteiger partial charge in [-0.15, -0.1) is 0 Å². The van der Waals surface area contributed by atoms with Crippen molar-refractivity contribution in [2.45, 2.75) is 83.7 Å². The summed E-state index contributed by atoms with van der Waals surface area (Å²) in [4.78, 5) is 63.7. The molecule has 4 amide bonds. The van der Waals surface area contributed by atoms with Crippen molar-refractivity contribution in [1.82, 2.24) is 20.9 Å². The van der Waals surface area contributed by atoms with Crippen molar-refractivity contribution < 1.29 is 33.4 Å². The number of hydrogen-bond acceptors (Lipinski definition) is 7. The van der Waals surface area contributed by atoms with Crippen molar-refractivity contribution in [3.05, 3.63) is 0 Å². The minimum absolute atomic E-state index is 0.133. The minimum Gasteiger partial charge on any atom is -0.444 e. The molecule has 2 fully saturated rings. The second-order valence-electron chi connectivity index (χ2n) is 10.2. The van der Waals surface area contributed by atoms with Crippen LogP contribution in [0.2, 0.25) is 0 Å². The Labute approximate surface area is 200 Å². The highest BCUT2D eigenvalue weighted by Crippen LogP contribution is 2.24. The van der Waals surface area contributed by atoms with E-state index >= 15 is 0 Å². The molecule has 11 nitrogen and oxygen atoms in total. The fraction of sp³-hybridized carbons (Fsp3) is 0.783. The average molecular weight is 483 g/mol. The van der Waals surface area contributed by atoms with Crippen LogP contribution in [0.3, 0.4) is 0 Å². The number of likely N-dealkylation sites (tertiary alicyclic amines) is 1. The number of hydrogen-bond donors (Lipinski definition) is 3. The van der Waals surface area contributed by atoms with E-state index in [4.69, 9.17) is 9.47 Å². The molecular weight excluding hydrogens is 444 g/mol. The van der Waals surface area contributed by atoms with Crippen molar-refractivity contribution in [3.63, 3.8) is 0 Å². The summed E-state index contributed by atoms with van der Waals surface area (Å²) in [5.74, 6) is -1.67. The van der Waals surface area contributed by atoms with Gasteiger partial charge in [0.05, 0.1) is 12.1 Å². The maximum atomic E-state index is 13.4. The molecule has 0 aromatic rings. The van der Waals surface area contributed by atoms with Gasteiger partial charge in [-0.1, -0.05) is 13.8 Å². The van der Waals surface area contributed by atoms with Gasteiger partial charge in [0.15, 0.2) is 0 Å². The van der Waals surface area contributed by atoms with Gasteiger partial charge in [0.1, 0.15) is 24.0 Å². The van der Waals surface area contributed by atoms with Crippen LogP contribution in [-0.4, -0.2) is 85.0 Å². The number of carbonyl (C=O) groups is 5. The summed E-state index contributed by atoms with van der Waals surface area (Å²) in [5, 5.41) is 8.01. The Balaban J connectivity index is 2.13. The number of carbonyl (C=O) groups excluding carboxylic acids is 5. The van der Waals surface area contributed by atoms with E-state index in [1.165, 1.54) is 12.0 Å². The van der Waals surface area contributed by atoms with Gasteiger partial charge >= 0.3 is 6.09 Å².